The van der Waals surface area contributed by atoms with Crippen molar-refractivity contribution < 1.29 is 0 Å². The van der Waals surface area contributed by atoms with Crippen LogP contribution in [0, 0.1) is 0 Å². The Morgan fingerprint density at radius 1 is 1.60 bits per heavy atom. The second kappa shape index (κ2) is 7.78. The van der Waals surface area contributed by atoms with Gasteiger partial charge in [0.15, 0.2) is 0 Å². The lowest BCUT2D eigenvalue weighted by molar-refractivity contribution is 0.648. The summed E-state index contributed by atoms with van der Waals surface area (Å²) in [5, 5.41) is 0. The van der Waals surface area contributed by atoms with Crippen LogP contribution in [0.1, 0.15) is 0 Å². The molecule has 0 aromatic rings. The standard InChI is InChI=1S/C5H12N2S2.BrH/c1-7(2)5(8)9-4-3-6;/h3-4,6H2,1-2H3;1H. The third-order valence-electron chi connectivity index (χ3n) is 0.709. The first-order valence-electron chi connectivity index (χ1n) is 2.72. The Balaban J connectivity index is 0. The molecular formula is C5H13BrN2S2. The zero-order valence-corrected chi connectivity index (χ0v) is 9.51. The van der Waals surface area contributed by atoms with Crippen molar-refractivity contribution in [1.82, 2.24) is 4.90 Å². The smallest absolute Gasteiger partial charge is 0.135 e. The first-order chi connectivity index (χ1) is 4.18. The highest BCUT2D eigenvalue weighted by Crippen LogP contribution is 2.03. The zero-order valence-electron chi connectivity index (χ0n) is 6.16. The van der Waals surface area contributed by atoms with Crippen molar-refractivity contribution in [3.05, 3.63) is 0 Å². The van der Waals surface area contributed by atoms with E-state index in [9.17, 15) is 0 Å². The lowest BCUT2D eigenvalue weighted by Gasteiger charge is -2.11. The van der Waals surface area contributed by atoms with Crippen LogP contribution < -0.4 is 5.73 Å². The number of hydrogen-bond donors (Lipinski definition) is 1. The maximum atomic E-state index is 5.28. The molecule has 0 saturated heterocycles. The third-order valence-corrected chi connectivity index (χ3v) is 2.48. The van der Waals surface area contributed by atoms with E-state index in [-0.39, 0.29) is 17.0 Å². The number of nitrogens with two attached hydrogens (primary N) is 1. The van der Waals surface area contributed by atoms with E-state index in [1.807, 2.05) is 19.0 Å². The van der Waals surface area contributed by atoms with Crippen LogP contribution in [0.4, 0.5) is 0 Å². The van der Waals surface area contributed by atoms with Gasteiger partial charge in [0.25, 0.3) is 0 Å². The number of rotatable bonds is 2. The van der Waals surface area contributed by atoms with E-state index in [4.69, 9.17) is 18.0 Å². The van der Waals surface area contributed by atoms with Gasteiger partial charge in [-0.1, -0.05) is 24.0 Å². The van der Waals surface area contributed by atoms with Crippen molar-refractivity contribution in [3.63, 3.8) is 0 Å². The van der Waals surface area contributed by atoms with Crippen molar-refractivity contribution in [3.8, 4) is 0 Å². The zero-order chi connectivity index (χ0) is 7.28. The van der Waals surface area contributed by atoms with Crippen LogP contribution in [0.3, 0.4) is 0 Å². The summed E-state index contributed by atoms with van der Waals surface area (Å²) < 4.78 is 0.903. The number of thiocarbonyl (C=S) groups is 1. The van der Waals surface area contributed by atoms with Gasteiger partial charge in [-0.15, -0.1) is 17.0 Å². The Morgan fingerprint density at radius 2 is 2.10 bits per heavy atom. The van der Waals surface area contributed by atoms with E-state index in [0.29, 0.717) is 6.54 Å². The van der Waals surface area contributed by atoms with E-state index in [0.717, 1.165) is 10.1 Å². The largest absolute Gasteiger partial charge is 0.364 e. The monoisotopic (exact) mass is 244 g/mol. The summed E-state index contributed by atoms with van der Waals surface area (Å²) >= 11 is 6.59. The molecule has 0 aliphatic heterocycles. The molecule has 62 valence electrons. The van der Waals surface area contributed by atoms with E-state index >= 15 is 0 Å². The van der Waals surface area contributed by atoms with Gasteiger partial charge in [-0.3, -0.25) is 0 Å². The van der Waals surface area contributed by atoms with E-state index in [2.05, 4.69) is 0 Å². The highest BCUT2D eigenvalue weighted by molar-refractivity contribution is 8.93. The normalized spacial score (nSPS) is 8.30. The second-order valence-electron chi connectivity index (χ2n) is 1.80. The van der Waals surface area contributed by atoms with Gasteiger partial charge < -0.3 is 10.6 Å². The van der Waals surface area contributed by atoms with Gasteiger partial charge in [-0.25, -0.2) is 0 Å². The summed E-state index contributed by atoms with van der Waals surface area (Å²) in [7, 11) is 3.87. The minimum absolute atomic E-state index is 0. The number of thioether (sulfide) groups is 1. The molecule has 0 spiro atoms. The quantitative estimate of drug-likeness (QED) is 0.738. The number of nitrogens with zero attached hydrogens (tertiary/aromatic N) is 1. The fourth-order valence-corrected chi connectivity index (χ4v) is 1.08. The molecule has 0 aromatic carbocycles. The van der Waals surface area contributed by atoms with Gasteiger partial charge in [0.2, 0.25) is 0 Å². The predicted octanol–water partition coefficient (Wildman–Crippen LogP) is 1.10. The molecule has 2 nitrogen and oxygen atoms in total. The van der Waals surface area contributed by atoms with Gasteiger partial charge in [-0.2, -0.15) is 0 Å². The minimum Gasteiger partial charge on any atom is -0.364 e. The van der Waals surface area contributed by atoms with Gasteiger partial charge in [0.1, 0.15) is 4.32 Å². The molecule has 0 heterocycles. The molecule has 2 N–H and O–H groups in total. The molecule has 0 atom stereocenters. The van der Waals surface area contributed by atoms with Gasteiger partial charge in [-0.05, 0) is 0 Å². The second-order valence-corrected chi connectivity index (χ2v) is 3.53. The summed E-state index contributed by atoms with van der Waals surface area (Å²) in [6.45, 7) is 0.693. The highest BCUT2D eigenvalue weighted by Gasteiger charge is 1.96. The lowest BCUT2D eigenvalue weighted by Crippen LogP contribution is -2.17. The highest BCUT2D eigenvalue weighted by atomic mass is 79.9. The van der Waals surface area contributed by atoms with Crippen LogP contribution >= 0.6 is 41.0 Å². The summed E-state index contributed by atoms with van der Waals surface area (Å²) in [6, 6.07) is 0. The summed E-state index contributed by atoms with van der Waals surface area (Å²) in [5.41, 5.74) is 5.28. The molecule has 5 heteroatoms. The Hall–Kier alpha value is 0.680. The molecular weight excluding hydrogens is 232 g/mol. The van der Waals surface area contributed by atoms with Crippen LogP contribution in [0.15, 0.2) is 0 Å². The van der Waals surface area contributed by atoms with E-state index in [1.54, 1.807) is 11.8 Å². The van der Waals surface area contributed by atoms with Gasteiger partial charge in [0, 0.05) is 26.4 Å². The molecule has 0 rings (SSSR count). The SMILES string of the molecule is Br.CN(C)C(=S)SCCN. The van der Waals surface area contributed by atoms with Crippen LogP contribution in [-0.4, -0.2) is 35.6 Å². The summed E-state index contributed by atoms with van der Waals surface area (Å²) in [5.74, 6) is 0.914. The molecule has 0 aliphatic carbocycles. The summed E-state index contributed by atoms with van der Waals surface area (Å²) in [4.78, 5) is 1.91. The van der Waals surface area contributed by atoms with Crippen LogP contribution in [0.25, 0.3) is 0 Å². The van der Waals surface area contributed by atoms with E-state index in [1.165, 1.54) is 0 Å². The molecule has 0 aliphatic rings. The van der Waals surface area contributed by atoms with Crippen LogP contribution in [0.2, 0.25) is 0 Å². The third kappa shape index (κ3) is 6.80. The molecule has 0 fully saturated rings. The molecule has 10 heavy (non-hydrogen) atoms. The maximum Gasteiger partial charge on any atom is 0.135 e. The molecule has 0 aromatic heterocycles. The molecule has 0 unspecified atom stereocenters. The Labute approximate surface area is 82.3 Å². The Kier molecular flexibility index (Phi) is 10.3. The van der Waals surface area contributed by atoms with Crippen molar-refractivity contribution in [2.24, 2.45) is 5.73 Å². The number of hydrogen-bond acceptors (Lipinski definition) is 3. The average molecular weight is 245 g/mol. The first kappa shape index (κ1) is 13.3. The Morgan fingerprint density at radius 3 is 2.40 bits per heavy atom. The van der Waals surface area contributed by atoms with Gasteiger partial charge >= 0.3 is 0 Å². The fourth-order valence-electron chi connectivity index (χ4n) is 0.275. The van der Waals surface area contributed by atoms with E-state index < -0.39 is 0 Å². The van der Waals surface area contributed by atoms with Crippen LogP contribution in [0.5, 0.6) is 0 Å². The van der Waals surface area contributed by atoms with Crippen molar-refractivity contribution in [2.75, 3.05) is 26.4 Å². The van der Waals surface area contributed by atoms with Crippen molar-refractivity contribution in [2.45, 2.75) is 0 Å². The van der Waals surface area contributed by atoms with Crippen molar-refractivity contribution >= 4 is 45.3 Å². The Bertz CT molecular complexity index is 97.6. The molecule has 0 saturated carbocycles. The predicted molar refractivity (Wildman–Crippen MR) is 58.1 cm³/mol. The maximum absolute atomic E-state index is 5.28. The minimum atomic E-state index is 0. The molecule has 0 bridgehead atoms. The van der Waals surface area contributed by atoms with Gasteiger partial charge in [0.05, 0.1) is 0 Å². The topological polar surface area (TPSA) is 29.3 Å². The van der Waals surface area contributed by atoms with Crippen molar-refractivity contribution in [1.29, 1.82) is 0 Å². The van der Waals surface area contributed by atoms with Crippen LogP contribution in [-0.2, 0) is 0 Å². The summed E-state index contributed by atoms with van der Waals surface area (Å²) in [6.07, 6.45) is 0. The number of halogens is 1. The molecule has 0 radical (unpaired) electrons. The lowest BCUT2D eigenvalue weighted by atomic mass is 10.8. The fraction of sp³-hybridized carbons (Fsp3) is 0.800. The average Bonchev–Trinajstić information content (AvgIpc) is 1.82. The molecule has 0 amide bonds. The first-order valence-corrected chi connectivity index (χ1v) is 4.12.